The molecule has 1 aliphatic heterocycles. The number of esters is 1. The molecular formula is C23H28ClN3O3S. The van der Waals surface area contributed by atoms with E-state index in [2.05, 4.69) is 15.1 Å². The maximum absolute atomic E-state index is 11.6. The number of nitrogens with zero attached hydrogens (tertiary/aromatic N) is 2. The van der Waals surface area contributed by atoms with E-state index < -0.39 is 0 Å². The molecule has 31 heavy (non-hydrogen) atoms. The molecule has 0 spiro atoms. The fourth-order valence-electron chi connectivity index (χ4n) is 3.40. The first-order valence-corrected chi connectivity index (χ1v) is 11.1. The molecule has 0 aromatic heterocycles. The second-order valence-corrected chi connectivity index (χ2v) is 8.11. The van der Waals surface area contributed by atoms with Gasteiger partial charge in [-0.1, -0.05) is 29.8 Å². The van der Waals surface area contributed by atoms with E-state index in [0.717, 1.165) is 62.1 Å². The highest BCUT2D eigenvalue weighted by molar-refractivity contribution is 7.80. The fourth-order valence-corrected chi connectivity index (χ4v) is 3.87. The van der Waals surface area contributed by atoms with Crippen LogP contribution in [0.15, 0.2) is 48.5 Å². The third-order valence-electron chi connectivity index (χ3n) is 5.17. The highest BCUT2D eigenvalue weighted by Crippen LogP contribution is 2.19. The van der Waals surface area contributed by atoms with Crippen molar-refractivity contribution in [2.45, 2.75) is 13.0 Å². The van der Waals surface area contributed by atoms with Gasteiger partial charge in [-0.15, -0.1) is 0 Å². The average molecular weight is 462 g/mol. The summed E-state index contributed by atoms with van der Waals surface area (Å²) in [6.07, 6.45) is 0.980. The van der Waals surface area contributed by atoms with E-state index in [-0.39, 0.29) is 5.97 Å². The van der Waals surface area contributed by atoms with Crippen molar-refractivity contribution in [2.75, 3.05) is 51.8 Å². The summed E-state index contributed by atoms with van der Waals surface area (Å²) >= 11 is 12.1. The molecule has 3 rings (SSSR count). The van der Waals surface area contributed by atoms with Crippen LogP contribution in [-0.2, 0) is 16.0 Å². The number of carbonyl (C=O) groups excluding carboxylic acids is 1. The Kier molecular flexibility index (Phi) is 9.09. The van der Waals surface area contributed by atoms with Crippen molar-refractivity contribution in [3.63, 3.8) is 0 Å². The molecule has 0 amide bonds. The van der Waals surface area contributed by atoms with Gasteiger partial charge in [0.15, 0.2) is 5.11 Å². The van der Waals surface area contributed by atoms with Crippen LogP contribution in [0.5, 0.6) is 0 Å². The highest BCUT2D eigenvalue weighted by atomic mass is 35.5. The zero-order chi connectivity index (χ0) is 22.1. The smallest absolute Gasteiger partial charge is 0.337 e. The van der Waals surface area contributed by atoms with Gasteiger partial charge in [-0.05, 0) is 54.5 Å². The Balaban J connectivity index is 1.64. The molecule has 0 atom stereocenters. The summed E-state index contributed by atoms with van der Waals surface area (Å²) in [6, 6.07) is 14.9. The molecule has 1 saturated heterocycles. The van der Waals surface area contributed by atoms with Gasteiger partial charge >= 0.3 is 5.97 Å². The molecule has 1 heterocycles. The van der Waals surface area contributed by atoms with Gasteiger partial charge in [-0.2, -0.15) is 0 Å². The monoisotopic (exact) mass is 461 g/mol. The molecule has 6 nitrogen and oxygen atoms in total. The predicted octanol–water partition coefficient (Wildman–Crippen LogP) is 4.05. The molecule has 2 aromatic rings. The lowest BCUT2D eigenvalue weighted by Gasteiger charge is -2.30. The molecule has 0 bridgehead atoms. The summed E-state index contributed by atoms with van der Waals surface area (Å²) in [5.74, 6) is -0.363. The molecule has 2 aromatic carbocycles. The zero-order valence-electron chi connectivity index (χ0n) is 17.7. The molecule has 0 saturated carbocycles. The lowest BCUT2D eigenvalue weighted by Crippen LogP contribution is -2.40. The van der Waals surface area contributed by atoms with E-state index in [1.54, 1.807) is 12.1 Å². The SMILES string of the molecule is COC(=O)c1ccc(NC(=S)N(CCCN2CCOCC2)Cc2ccccc2Cl)cc1. The Bertz CT molecular complexity index is 873. The predicted molar refractivity (Wildman–Crippen MR) is 128 cm³/mol. The maximum atomic E-state index is 11.6. The number of carbonyl (C=O) groups is 1. The minimum atomic E-state index is -0.363. The van der Waals surface area contributed by atoms with Crippen LogP contribution >= 0.6 is 23.8 Å². The minimum absolute atomic E-state index is 0.363. The Labute approximate surface area is 194 Å². The van der Waals surface area contributed by atoms with Gasteiger partial charge in [0, 0.05) is 43.4 Å². The number of morpholine rings is 1. The lowest BCUT2D eigenvalue weighted by atomic mass is 10.2. The first-order valence-electron chi connectivity index (χ1n) is 10.3. The van der Waals surface area contributed by atoms with Crippen molar-refractivity contribution in [3.05, 3.63) is 64.7 Å². The second kappa shape index (κ2) is 12.0. The number of anilines is 1. The third kappa shape index (κ3) is 7.18. The fraction of sp³-hybridized carbons (Fsp3) is 0.391. The first-order chi connectivity index (χ1) is 15.1. The zero-order valence-corrected chi connectivity index (χ0v) is 19.3. The Hall–Kier alpha value is -2.19. The topological polar surface area (TPSA) is 54.0 Å². The van der Waals surface area contributed by atoms with Crippen molar-refractivity contribution in [2.24, 2.45) is 0 Å². The third-order valence-corrected chi connectivity index (χ3v) is 5.90. The second-order valence-electron chi connectivity index (χ2n) is 7.32. The van der Waals surface area contributed by atoms with E-state index in [0.29, 0.717) is 17.2 Å². The molecule has 0 unspecified atom stereocenters. The summed E-state index contributed by atoms with van der Waals surface area (Å²) in [5, 5.41) is 4.63. The number of hydrogen-bond donors (Lipinski definition) is 1. The molecule has 0 radical (unpaired) electrons. The Morgan fingerprint density at radius 1 is 1.19 bits per heavy atom. The van der Waals surface area contributed by atoms with Crippen LogP contribution in [0.2, 0.25) is 5.02 Å². The van der Waals surface area contributed by atoms with Crippen molar-refractivity contribution < 1.29 is 14.3 Å². The van der Waals surface area contributed by atoms with Gasteiger partial charge < -0.3 is 19.7 Å². The van der Waals surface area contributed by atoms with Crippen LogP contribution in [0.4, 0.5) is 5.69 Å². The highest BCUT2D eigenvalue weighted by Gasteiger charge is 2.15. The van der Waals surface area contributed by atoms with Crippen LogP contribution in [0, 0.1) is 0 Å². The van der Waals surface area contributed by atoms with Crippen molar-refractivity contribution in [1.82, 2.24) is 9.80 Å². The molecule has 8 heteroatoms. The lowest BCUT2D eigenvalue weighted by molar-refractivity contribution is 0.0367. The van der Waals surface area contributed by atoms with Crippen LogP contribution in [0.3, 0.4) is 0 Å². The molecule has 1 fully saturated rings. The number of thiocarbonyl (C=S) groups is 1. The normalized spacial score (nSPS) is 14.1. The van der Waals surface area contributed by atoms with Crippen LogP contribution in [0.1, 0.15) is 22.3 Å². The summed E-state index contributed by atoms with van der Waals surface area (Å²) in [5.41, 5.74) is 2.34. The number of rotatable bonds is 8. The number of hydrogen-bond acceptors (Lipinski definition) is 5. The van der Waals surface area contributed by atoms with Gasteiger partial charge in [0.1, 0.15) is 0 Å². The number of nitrogens with one attached hydrogen (secondary N) is 1. The summed E-state index contributed by atoms with van der Waals surface area (Å²) in [7, 11) is 1.37. The number of methoxy groups -OCH3 is 1. The Morgan fingerprint density at radius 2 is 1.90 bits per heavy atom. The number of benzene rings is 2. The molecule has 166 valence electrons. The van der Waals surface area contributed by atoms with Crippen LogP contribution < -0.4 is 5.32 Å². The van der Waals surface area contributed by atoms with E-state index in [4.69, 9.17) is 33.3 Å². The van der Waals surface area contributed by atoms with Crippen LogP contribution in [0.25, 0.3) is 0 Å². The van der Waals surface area contributed by atoms with Crippen molar-refractivity contribution >= 4 is 40.6 Å². The first kappa shape index (κ1) is 23.5. The van der Waals surface area contributed by atoms with Crippen molar-refractivity contribution in [1.29, 1.82) is 0 Å². The summed E-state index contributed by atoms with van der Waals surface area (Å²) in [6.45, 7) is 5.96. The molecular weight excluding hydrogens is 434 g/mol. The number of ether oxygens (including phenoxy) is 2. The van der Waals surface area contributed by atoms with Crippen LogP contribution in [-0.4, -0.2) is 67.4 Å². The van der Waals surface area contributed by atoms with Gasteiger partial charge in [-0.3, -0.25) is 4.90 Å². The van der Waals surface area contributed by atoms with Gasteiger partial charge in [0.2, 0.25) is 0 Å². The summed E-state index contributed by atoms with van der Waals surface area (Å²) < 4.78 is 10.2. The van der Waals surface area contributed by atoms with Crippen molar-refractivity contribution in [3.8, 4) is 0 Å². The van der Waals surface area contributed by atoms with E-state index in [9.17, 15) is 4.79 Å². The maximum Gasteiger partial charge on any atom is 0.337 e. The molecule has 1 aliphatic rings. The largest absolute Gasteiger partial charge is 0.465 e. The van der Waals surface area contributed by atoms with E-state index >= 15 is 0 Å². The van der Waals surface area contributed by atoms with E-state index in [1.807, 2.05) is 36.4 Å². The quantitative estimate of drug-likeness (QED) is 0.470. The van der Waals surface area contributed by atoms with Gasteiger partial charge in [0.25, 0.3) is 0 Å². The van der Waals surface area contributed by atoms with Gasteiger partial charge in [0.05, 0.1) is 25.9 Å². The standard InChI is InChI=1S/C23H28ClN3O3S/c1-29-22(28)18-7-9-20(10-8-18)25-23(31)27(17-19-5-2-3-6-21(19)24)12-4-11-26-13-15-30-16-14-26/h2-3,5-10H,4,11-17H2,1H3,(H,25,31). The number of halogens is 1. The van der Waals surface area contributed by atoms with Gasteiger partial charge in [-0.25, -0.2) is 4.79 Å². The molecule has 0 aliphatic carbocycles. The van der Waals surface area contributed by atoms with E-state index in [1.165, 1.54) is 7.11 Å². The molecule has 1 N–H and O–H groups in total. The summed E-state index contributed by atoms with van der Waals surface area (Å²) in [4.78, 5) is 16.2. The Morgan fingerprint density at radius 3 is 2.58 bits per heavy atom. The minimum Gasteiger partial charge on any atom is -0.465 e. The average Bonchev–Trinajstić information content (AvgIpc) is 2.80.